The molecule has 0 saturated carbocycles. The number of aromatic nitrogens is 2. The molecule has 6 nitrogen and oxygen atoms in total. The first kappa shape index (κ1) is 20.6. The highest BCUT2D eigenvalue weighted by Gasteiger charge is 2.23. The first-order valence-corrected chi connectivity index (χ1v) is 10.5. The Kier molecular flexibility index (Phi) is 6.44. The second-order valence-corrected chi connectivity index (χ2v) is 8.08. The maximum absolute atomic E-state index is 13.0. The second-order valence-electron chi connectivity index (χ2n) is 7.16. The fourth-order valence-corrected chi connectivity index (χ4v) is 3.60. The summed E-state index contributed by atoms with van der Waals surface area (Å²) in [7, 11) is 0. The van der Waals surface area contributed by atoms with Gasteiger partial charge in [0.05, 0.1) is 0 Å². The van der Waals surface area contributed by atoms with E-state index in [0.717, 1.165) is 35.4 Å². The normalized spacial score (nSPS) is 14.7. The fourth-order valence-electron chi connectivity index (χ4n) is 3.34. The summed E-state index contributed by atoms with van der Waals surface area (Å²) < 4.78 is 21.3. The molecule has 1 saturated heterocycles. The Morgan fingerprint density at radius 1 is 1.00 bits per heavy atom. The largest absolute Gasteiger partial charge is 0.471 e. The van der Waals surface area contributed by atoms with Gasteiger partial charge in [-0.25, -0.2) is 9.07 Å². The van der Waals surface area contributed by atoms with Crippen LogP contribution < -0.4 is 4.74 Å². The van der Waals surface area contributed by atoms with Gasteiger partial charge in [-0.3, -0.25) is 9.69 Å². The molecule has 2 heterocycles. The highest BCUT2D eigenvalue weighted by Crippen LogP contribution is 2.17. The van der Waals surface area contributed by atoms with Gasteiger partial charge in [0, 0.05) is 43.4 Å². The number of rotatable bonds is 6. The van der Waals surface area contributed by atoms with E-state index in [4.69, 9.17) is 4.74 Å². The van der Waals surface area contributed by atoms with Crippen molar-refractivity contribution in [3.8, 4) is 5.75 Å². The third-order valence-corrected chi connectivity index (χ3v) is 5.54. The molecule has 1 fully saturated rings. The Balaban J connectivity index is 1.27. The number of nitrogens with zero attached hydrogens (tertiary/aromatic N) is 4. The number of piperazine rings is 1. The van der Waals surface area contributed by atoms with Gasteiger partial charge in [0.15, 0.2) is 12.4 Å². The Bertz CT molecular complexity index is 983. The zero-order valence-corrected chi connectivity index (χ0v) is 18.0. The number of hydrogen-bond acceptors (Lipinski definition) is 4. The molecule has 1 aliphatic heterocycles. The summed E-state index contributed by atoms with van der Waals surface area (Å²) in [5.41, 5.74) is 1.49. The van der Waals surface area contributed by atoms with E-state index in [1.807, 2.05) is 29.2 Å². The molecule has 156 valence electrons. The predicted molar refractivity (Wildman–Crippen MR) is 115 cm³/mol. The summed E-state index contributed by atoms with van der Waals surface area (Å²) >= 11 is 3.39. The summed E-state index contributed by atoms with van der Waals surface area (Å²) in [6, 6.07) is 15.8. The Morgan fingerprint density at radius 2 is 1.70 bits per heavy atom. The lowest BCUT2D eigenvalue weighted by atomic mass is 10.2. The minimum absolute atomic E-state index is 0.0705. The molecule has 0 N–H and O–H groups in total. The average molecular weight is 473 g/mol. The minimum atomic E-state index is -0.226. The number of carbonyl (C=O) groups is 1. The number of hydrogen-bond donors (Lipinski definition) is 0. The Hall–Kier alpha value is -2.71. The number of amides is 1. The highest BCUT2D eigenvalue weighted by atomic mass is 79.9. The quantitative estimate of drug-likeness (QED) is 0.547. The van der Waals surface area contributed by atoms with Crippen LogP contribution in [-0.4, -0.2) is 51.7 Å². The van der Waals surface area contributed by atoms with E-state index in [9.17, 15) is 9.18 Å². The summed E-state index contributed by atoms with van der Waals surface area (Å²) in [6.07, 6.45) is 1.75. The van der Waals surface area contributed by atoms with Crippen LogP contribution in [0.15, 0.2) is 65.3 Å². The van der Waals surface area contributed by atoms with Crippen molar-refractivity contribution in [1.82, 2.24) is 19.6 Å². The van der Waals surface area contributed by atoms with Crippen LogP contribution in [0.1, 0.15) is 16.1 Å². The van der Waals surface area contributed by atoms with Crippen molar-refractivity contribution in [2.24, 2.45) is 0 Å². The molecule has 2 aromatic carbocycles. The summed E-state index contributed by atoms with van der Waals surface area (Å²) in [6.45, 7) is 3.82. The average Bonchev–Trinajstić information content (AvgIpc) is 3.24. The number of carbonyl (C=O) groups excluding carboxylic acids is 1. The minimum Gasteiger partial charge on any atom is -0.471 e. The first-order valence-electron chi connectivity index (χ1n) is 9.75. The van der Waals surface area contributed by atoms with E-state index in [1.54, 1.807) is 29.1 Å². The smallest absolute Gasteiger partial charge is 0.274 e. The molecule has 30 heavy (non-hydrogen) atoms. The van der Waals surface area contributed by atoms with Crippen molar-refractivity contribution >= 4 is 21.8 Å². The summed E-state index contributed by atoms with van der Waals surface area (Å²) in [4.78, 5) is 16.9. The van der Waals surface area contributed by atoms with E-state index in [1.165, 1.54) is 12.1 Å². The maximum Gasteiger partial charge on any atom is 0.274 e. The summed E-state index contributed by atoms with van der Waals surface area (Å²) in [5, 5.41) is 4.36. The Labute approximate surface area is 183 Å². The van der Waals surface area contributed by atoms with E-state index in [-0.39, 0.29) is 18.5 Å². The second kappa shape index (κ2) is 9.40. The van der Waals surface area contributed by atoms with Crippen LogP contribution in [0.3, 0.4) is 0 Å². The molecule has 0 spiro atoms. The number of ether oxygens (including phenoxy) is 1. The SMILES string of the molecule is O=C(c1ccn(COc2ccc(Br)cc2)n1)N1CCN(Cc2ccc(F)cc2)CC1. The molecule has 0 unspecified atom stereocenters. The standard InChI is InChI=1S/C22H22BrFN4O2/c23-18-3-7-20(8-4-18)30-16-28-10-9-21(25-28)22(29)27-13-11-26(12-14-27)15-17-1-5-19(24)6-2-17/h1-10H,11-16H2. The van der Waals surface area contributed by atoms with Crippen molar-refractivity contribution in [1.29, 1.82) is 0 Å². The predicted octanol–water partition coefficient (Wildman–Crippen LogP) is 3.78. The van der Waals surface area contributed by atoms with Crippen molar-refractivity contribution < 1.29 is 13.9 Å². The van der Waals surface area contributed by atoms with E-state index in [0.29, 0.717) is 18.8 Å². The number of benzene rings is 2. The zero-order valence-electron chi connectivity index (χ0n) is 16.4. The third kappa shape index (κ3) is 5.25. The van der Waals surface area contributed by atoms with Crippen LogP contribution in [0.2, 0.25) is 0 Å². The lowest BCUT2D eigenvalue weighted by Crippen LogP contribution is -2.48. The molecule has 3 aromatic rings. The topological polar surface area (TPSA) is 50.6 Å². The zero-order chi connectivity index (χ0) is 20.9. The molecule has 1 aromatic heterocycles. The van der Waals surface area contributed by atoms with Crippen LogP contribution >= 0.6 is 15.9 Å². The van der Waals surface area contributed by atoms with Crippen molar-refractivity contribution in [2.45, 2.75) is 13.3 Å². The van der Waals surface area contributed by atoms with Crippen molar-refractivity contribution in [2.75, 3.05) is 26.2 Å². The van der Waals surface area contributed by atoms with Crippen LogP contribution in [-0.2, 0) is 13.3 Å². The van der Waals surface area contributed by atoms with Gasteiger partial charge in [-0.05, 0) is 48.0 Å². The highest BCUT2D eigenvalue weighted by molar-refractivity contribution is 9.10. The van der Waals surface area contributed by atoms with Crippen LogP contribution in [0.4, 0.5) is 4.39 Å². The van der Waals surface area contributed by atoms with Gasteiger partial charge in [0.1, 0.15) is 11.6 Å². The third-order valence-electron chi connectivity index (χ3n) is 5.02. The monoisotopic (exact) mass is 472 g/mol. The van der Waals surface area contributed by atoms with Gasteiger partial charge >= 0.3 is 0 Å². The lowest BCUT2D eigenvalue weighted by molar-refractivity contribution is 0.0620. The first-order chi connectivity index (χ1) is 14.6. The molecule has 1 aliphatic rings. The van der Waals surface area contributed by atoms with E-state index < -0.39 is 0 Å². The van der Waals surface area contributed by atoms with Gasteiger partial charge < -0.3 is 9.64 Å². The lowest BCUT2D eigenvalue weighted by Gasteiger charge is -2.34. The van der Waals surface area contributed by atoms with Gasteiger partial charge in [-0.2, -0.15) is 5.10 Å². The fraction of sp³-hybridized carbons (Fsp3) is 0.273. The molecule has 8 heteroatoms. The number of halogens is 2. The molecule has 0 radical (unpaired) electrons. The molecular weight excluding hydrogens is 451 g/mol. The van der Waals surface area contributed by atoms with E-state index >= 15 is 0 Å². The molecule has 0 bridgehead atoms. The van der Waals surface area contributed by atoms with Gasteiger partial charge in [-0.15, -0.1) is 0 Å². The molecular formula is C22H22BrFN4O2. The molecule has 4 rings (SSSR count). The van der Waals surface area contributed by atoms with Crippen LogP contribution in [0, 0.1) is 5.82 Å². The molecule has 0 aliphatic carbocycles. The van der Waals surface area contributed by atoms with Gasteiger partial charge in [0.25, 0.3) is 5.91 Å². The van der Waals surface area contributed by atoms with Crippen LogP contribution in [0.25, 0.3) is 0 Å². The maximum atomic E-state index is 13.0. The van der Waals surface area contributed by atoms with Gasteiger partial charge in [0.2, 0.25) is 0 Å². The molecule has 1 amide bonds. The Morgan fingerprint density at radius 3 is 2.40 bits per heavy atom. The molecule has 0 atom stereocenters. The van der Waals surface area contributed by atoms with Crippen LogP contribution in [0.5, 0.6) is 5.75 Å². The van der Waals surface area contributed by atoms with E-state index in [2.05, 4.69) is 25.9 Å². The van der Waals surface area contributed by atoms with Crippen molar-refractivity contribution in [3.63, 3.8) is 0 Å². The summed E-state index contributed by atoms with van der Waals surface area (Å²) in [5.74, 6) is 0.438. The van der Waals surface area contributed by atoms with Gasteiger partial charge in [-0.1, -0.05) is 28.1 Å². The van der Waals surface area contributed by atoms with Crippen molar-refractivity contribution in [3.05, 3.63) is 82.3 Å².